The highest BCUT2D eigenvalue weighted by atomic mass is 32.2. The van der Waals surface area contributed by atoms with Crippen molar-refractivity contribution in [1.82, 2.24) is 24.6 Å². The molecule has 158 valence electrons. The minimum Gasteiger partial charge on any atom is -0.338 e. The van der Waals surface area contributed by atoms with Gasteiger partial charge in [0.15, 0.2) is 5.65 Å². The Kier molecular flexibility index (Phi) is 4.58. The van der Waals surface area contributed by atoms with Crippen molar-refractivity contribution in [3.63, 3.8) is 0 Å². The number of carbonyl (C=O) groups excluding carboxylic acids is 1. The molecule has 2 aromatic heterocycles. The number of benzene rings is 1. The van der Waals surface area contributed by atoms with Crippen LogP contribution >= 0.6 is 11.8 Å². The van der Waals surface area contributed by atoms with Crippen molar-refractivity contribution < 1.29 is 4.79 Å². The van der Waals surface area contributed by atoms with Crippen LogP contribution in [0.15, 0.2) is 29.4 Å². The van der Waals surface area contributed by atoms with Crippen molar-refractivity contribution in [2.75, 3.05) is 12.3 Å². The third-order valence-corrected chi connectivity index (χ3v) is 7.55. The number of likely N-dealkylation sites (tertiary alicyclic amines) is 1. The molecule has 1 saturated carbocycles. The summed E-state index contributed by atoms with van der Waals surface area (Å²) in [6.45, 7) is 10.8. The van der Waals surface area contributed by atoms with Crippen molar-refractivity contribution in [2.24, 2.45) is 10.8 Å². The van der Waals surface area contributed by atoms with E-state index in [1.165, 1.54) is 18.2 Å². The number of nitrogens with zero attached hydrogens (tertiary/aromatic N) is 5. The van der Waals surface area contributed by atoms with Crippen LogP contribution in [0.3, 0.4) is 0 Å². The first-order valence-corrected chi connectivity index (χ1v) is 11.8. The number of fused-ring (bicyclic) bond motifs is 5. The molecule has 0 N–H and O–H groups in total. The van der Waals surface area contributed by atoms with Gasteiger partial charge in [-0.3, -0.25) is 4.79 Å². The normalized spacial score (nSPS) is 25.3. The Morgan fingerprint density at radius 2 is 2.00 bits per heavy atom. The summed E-state index contributed by atoms with van der Waals surface area (Å²) in [4.78, 5) is 20.0. The van der Waals surface area contributed by atoms with E-state index in [0.717, 1.165) is 48.0 Å². The molecule has 2 fully saturated rings. The van der Waals surface area contributed by atoms with Crippen molar-refractivity contribution >= 4 is 39.7 Å². The van der Waals surface area contributed by atoms with Crippen molar-refractivity contribution in [3.8, 4) is 0 Å². The van der Waals surface area contributed by atoms with E-state index in [1.807, 2.05) is 12.1 Å². The molecule has 7 heteroatoms. The molecule has 2 atom stereocenters. The molecule has 1 aliphatic carbocycles. The molecule has 1 saturated heterocycles. The molecule has 3 aromatic rings. The Bertz CT molecular complexity index is 1140. The van der Waals surface area contributed by atoms with Gasteiger partial charge in [-0.05, 0) is 43.1 Å². The van der Waals surface area contributed by atoms with Gasteiger partial charge in [-0.25, -0.2) is 4.98 Å². The van der Waals surface area contributed by atoms with Gasteiger partial charge in [0, 0.05) is 24.5 Å². The van der Waals surface area contributed by atoms with E-state index < -0.39 is 0 Å². The van der Waals surface area contributed by atoms with Crippen LogP contribution in [-0.2, 0) is 11.3 Å². The highest BCUT2D eigenvalue weighted by Gasteiger charge is 2.50. The molecule has 1 aromatic carbocycles. The van der Waals surface area contributed by atoms with Gasteiger partial charge in [-0.1, -0.05) is 50.7 Å². The lowest BCUT2D eigenvalue weighted by molar-refractivity contribution is -0.129. The minimum atomic E-state index is 0.200. The molecule has 2 bridgehead atoms. The van der Waals surface area contributed by atoms with Crippen molar-refractivity contribution in [1.29, 1.82) is 0 Å². The van der Waals surface area contributed by atoms with Crippen LogP contribution in [0.1, 0.15) is 47.0 Å². The van der Waals surface area contributed by atoms with E-state index in [4.69, 9.17) is 4.98 Å². The monoisotopic (exact) mass is 423 g/mol. The van der Waals surface area contributed by atoms with E-state index in [1.54, 1.807) is 0 Å². The quantitative estimate of drug-likeness (QED) is 0.578. The summed E-state index contributed by atoms with van der Waals surface area (Å²) in [5.41, 5.74) is 3.36. The SMILES string of the molecule is CCn1c2ccccc2c2nnc(SCC(=O)N3C[C@]4(C)C[C@H]3CC(C)(C)C4)nc21. The van der Waals surface area contributed by atoms with E-state index in [9.17, 15) is 4.79 Å². The van der Waals surface area contributed by atoms with Gasteiger partial charge >= 0.3 is 0 Å². The first-order chi connectivity index (χ1) is 14.3. The summed E-state index contributed by atoms with van der Waals surface area (Å²) < 4.78 is 2.16. The topological polar surface area (TPSA) is 63.9 Å². The molecular weight excluding hydrogens is 394 g/mol. The maximum absolute atomic E-state index is 13.1. The Hall–Kier alpha value is -2.15. The van der Waals surface area contributed by atoms with Crippen LogP contribution in [0.25, 0.3) is 22.1 Å². The van der Waals surface area contributed by atoms with Gasteiger partial charge in [0.25, 0.3) is 0 Å². The molecule has 1 amide bonds. The molecule has 5 rings (SSSR count). The van der Waals surface area contributed by atoms with Crippen LogP contribution in [-0.4, -0.2) is 48.9 Å². The molecule has 0 spiro atoms. The molecule has 0 radical (unpaired) electrons. The van der Waals surface area contributed by atoms with Crippen LogP contribution < -0.4 is 0 Å². The second-order valence-electron chi connectivity index (χ2n) is 10.1. The van der Waals surface area contributed by atoms with Gasteiger partial charge in [0.2, 0.25) is 11.1 Å². The molecule has 3 heterocycles. The fourth-order valence-electron chi connectivity index (χ4n) is 6.03. The van der Waals surface area contributed by atoms with Crippen LogP contribution in [0.5, 0.6) is 0 Å². The number of rotatable bonds is 4. The Labute approximate surface area is 181 Å². The van der Waals surface area contributed by atoms with E-state index >= 15 is 0 Å². The third-order valence-electron chi connectivity index (χ3n) is 6.73. The molecule has 30 heavy (non-hydrogen) atoms. The fraction of sp³-hybridized carbons (Fsp3) is 0.565. The first kappa shape index (κ1) is 19.8. The van der Waals surface area contributed by atoms with Gasteiger partial charge in [0.05, 0.1) is 11.3 Å². The Morgan fingerprint density at radius 3 is 2.80 bits per heavy atom. The van der Waals surface area contributed by atoms with Crippen LogP contribution in [0.2, 0.25) is 0 Å². The first-order valence-electron chi connectivity index (χ1n) is 10.8. The molecule has 6 nitrogen and oxygen atoms in total. The summed E-state index contributed by atoms with van der Waals surface area (Å²) in [6, 6.07) is 8.56. The molecular formula is C23H29N5OS. The zero-order valence-electron chi connectivity index (χ0n) is 18.2. The predicted molar refractivity (Wildman–Crippen MR) is 120 cm³/mol. The van der Waals surface area contributed by atoms with Gasteiger partial charge in [-0.2, -0.15) is 0 Å². The minimum absolute atomic E-state index is 0.200. The summed E-state index contributed by atoms with van der Waals surface area (Å²) in [7, 11) is 0. The maximum Gasteiger partial charge on any atom is 0.233 e. The number of carbonyl (C=O) groups is 1. The lowest BCUT2D eigenvalue weighted by atomic mass is 9.65. The Balaban J connectivity index is 1.35. The zero-order chi connectivity index (χ0) is 21.1. The maximum atomic E-state index is 13.1. The summed E-state index contributed by atoms with van der Waals surface area (Å²) in [5.74, 6) is 0.568. The largest absolute Gasteiger partial charge is 0.338 e. The number of thioether (sulfide) groups is 1. The van der Waals surface area contributed by atoms with Gasteiger partial charge < -0.3 is 9.47 Å². The summed E-state index contributed by atoms with van der Waals surface area (Å²) in [5, 5.41) is 10.4. The van der Waals surface area contributed by atoms with Gasteiger partial charge in [0.1, 0.15) is 5.52 Å². The highest BCUT2D eigenvalue weighted by Crippen LogP contribution is 2.52. The predicted octanol–water partition coefficient (Wildman–Crippen LogP) is 4.52. The van der Waals surface area contributed by atoms with Gasteiger partial charge in [-0.15, -0.1) is 10.2 Å². The third kappa shape index (κ3) is 3.27. The van der Waals surface area contributed by atoms with Crippen LogP contribution in [0, 0.1) is 10.8 Å². The highest BCUT2D eigenvalue weighted by molar-refractivity contribution is 7.99. The smallest absolute Gasteiger partial charge is 0.233 e. The summed E-state index contributed by atoms with van der Waals surface area (Å²) in [6.07, 6.45) is 3.42. The standard InChI is InChI=1S/C23H29N5OS/c1-5-27-17-9-7-6-8-16(17)19-20(27)24-21(26-25-19)30-12-18(29)28-14-23(4)11-15(28)10-22(2,3)13-23/h6-9,15H,5,10-14H2,1-4H3/t15-,23-/m1/s1. The lowest BCUT2D eigenvalue weighted by Crippen LogP contribution is -2.38. The number of hydrogen-bond acceptors (Lipinski definition) is 5. The number of amides is 1. The molecule has 0 unspecified atom stereocenters. The molecule has 2 aliphatic rings. The number of para-hydroxylation sites is 1. The summed E-state index contributed by atoms with van der Waals surface area (Å²) >= 11 is 1.40. The lowest BCUT2D eigenvalue weighted by Gasteiger charge is -2.39. The van der Waals surface area contributed by atoms with E-state index in [-0.39, 0.29) is 11.3 Å². The average molecular weight is 424 g/mol. The van der Waals surface area contributed by atoms with Crippen molar-refractivity contribution in [2.45, 2.75) is 64.7 Å². The second-order valence-corrected chi connectivity index (χ2v) is 11.0. The molecule has 1 aliphatic heterocycles. The number of aryl methyl sites for hydroxylation is 1. The zero-order valence-corrected chi connectivity index (χ0v) is 19.0. The number of hydrogen-bond donors (Lipinski definition) is 0. The number of aromatic nitrogens is 4. The van der Waals surface area contributed by atoms with Crippen LogP contribution in [0.4, 0.5) is 0 Å². The second kappa shape index (κ2) is 6.94. The van der Waals surface area contributed by atoms with E-state index in [0.29, 0.717) is 22.4 Å². The fourth-order valence-corrected chi connectivity index (χ4v) is 6.70. The van der Waals surface area contributed by atoms with E-state index in [2.05, 4.69) is 59.5 Å². The average Bonchev–Trinajstić information content (AvgIpc) is 3.15. The Morgan fingerprint density at radius 1 is 1.20 bits per heavy atom. The van der Waals surface area contributed by atoms with Crippen molar-refractivity contribution in [3.05, 3.63) is 24.3 Å².